The number of anilines is 1. The Hall–Kier alpha value is -3.51. The standard InChI is InChI=1S/C25H24N2O4/c1-29-21-9-7-19(13-20(21)17-4-2-16(14-26)3-5-17)27-24(28)25(10-11-25)18-6-8-22-23(12-18)31-15-30-22/h2-9,12-13H,10-11,14-15,26H2,1H3,(H,27,28). The lowest BCUT2D eigenvalue weighted by atomic mass is 9.94. The Morgan fingerprint density at radius 3 is 2.52 bits per heavy atom. The van der Waals surface area contributed by atoms with Crippen LogP contribution in [0.15, 0.2) is 60.7 Å². The van der Waals surface area contributed by atoms with Gasteiger partial charge >= 0.3 is 0 Å². The first kappa shape index (κ1) is 19.5. The zero-order chi connectivity index (χ0) is 21.4. The van der Waals surface area contributed by atoms with Crippen molar-refractivity contribution in [2.45, 2.75) is 24.8 Å². The molecule has 3 N–H and O–H groups in total. The van der Waals surface area contributed by atoms with Crippen molar-refractivity contribution >= 4 is 11.6 Å². The van der Waals surface area contributed by atoms with E-state index in [-0.39, 0.29) is 12.7 Å². The molecule has 31 heavy (non-hydrogen) atoms. The number of ether oxygens (including phenoxy) is 3. The van der Waals surface area contributed by atoms with E-state index in [1.165, 1.54) is 0 Å². The van der Waals surface area contributed by atoms with Gasteiger partial charge < -0.3 is 25.3 Å². The van der Waals surface area contributed by atoms with Crippen molar-refractivity contribution in [3.63, 3.8) is 0 Å². The van der Waals surface area contributed by atoms with Gasteiger partial charge in [0.15, 0.2) is 11.5 Å². The van der Waals surface area contributed by atoms with E-state index in [1.807, 2.05) is 60.7 Å². The molecule has 2 aliphatic rings. The second kappa shape index (κ2) is 7.63. The number of benzene rings is 3. The molecule has 1 amide bonds. The van der Waals surface area contributed by atoms with Gasteiger partial charge in [0.25, 0.3) is 0 Å². The van der Waals surface area contributed by atoms with Crippen molar-refractivity contribution in [3.8, 4) is 28.4 Å². The van der Waals surface area contributed by atoms with Crippen LogP contribution in [0.25, 0.3) is 11.1 Å². The first-order chi connectivity index (χ1) is 15.1. The number of nitrogens with two attached hydrogens (primary N) is 1. The van der Waals surface area contributed by atoms with Crippen LogP contribution in [0.2, 0.25) is 0 Å². The smallest absolute Gasteiger partial charge is 0.235 e. The molecule has 6 heteroatoms. The molecule has 0 saturated heterocycles. The van der Waals surface area contributed by atoms with E-state index in [2.05, 4.69) is 5.32 Å². The van der Waals surface area contributed by atoms with E-state index in [0.717, 1.165) is 52.3 Å². The van der Waals surface area contributed by atoms with Gasteiger partial charge in [0.1, 0.15) is 5.75 Å². The highest BCUT2D eigenvalue weighted by atomic mass is 16.7. The average molecular weight is 416 g/mol. The monoisotopic (exact) mass is 416 g/mol. The van der Waals surface area contributed by atoms with E-state index < -0.39 is 5.41 Å². The highest BCUT2D eigenvalue weighted by molar-refractivity contribution is 6.02. The second-order valence-electron chi connectivity index (χ2n) is 7.92. The van der Waals surface area contributed by atoms with Crippen LogP contribution in [0.4, 0.5) is 5.69 Å². The lowest BCUT2D eigenvalue weighted by molar-refractivity contribution is -0.118. The van der Waals surface area contributed by atoms with Gasteiger partial charge in [0, 0.05) is 17.8 Å². The van der Waals surface area contributed by atoms with Crippen molar-refractivity contribution < 1.29 is 19.0 Å². The summed E-state index contributed by atoms with van der Waals surface area (Å²) in [5, 5.41) is 3.11. The summed E-state index contributed by atoms with van der Waals surface area (Å²) in [5.41, 5.74) is 9.86. The van der Waals surface area contributed by atoms with Crippen molar-refractivity contribution in [1.29, 1.82) is 0 Å². The first-order valence-corrected chi connectivity index (χ1v) is 10.3. The lowest BCUT2D eigenvalue weighted by Crippen LogP contribution is -2.27. The second-order valence-corrected chi connectivity index (χ2v) is 7.92. The number of rotatable bonds is 6. The molecule has 1 fully saturated rings. The first-order valence-electron chi connectivity index (χ1n) is 10.3. The van der Waals surface area contributed by atoms with Gasteiger partial charge in [-0.3, -0.25) is 4.79 Å². The third-order valence-corrected chi connectivity index (χ3v) is 6.07. The molecule has 5 rings (SSSR count). The van der Waals surface area contributed by atoms with Crippen molar-refractivity contribution in [1.82, 2.24) is 0 Å². The number of amides is 1. The number of nitrogens with one attached hydrogen (secondary N) is 1. The maximum atomic E-state index is 13.3. The summed E-state index contributed by atoms with van der Waals surface area (Å²) in [6.07, 6.45) is 1.62. The number of hydrogen-bond donors (Lipinski definition) is 2. The van der Waals surface area contributed by atoms with Gasteiger partial charge in [0.2, 0.25) is 12.7 Å². The molecule has 0 spiro atoms. The zero-order valence-corrected chi connectivity index (χ0v) is 17.3. The SMILES string of the molecule is COc1ccc(NC(=O)C2(c3ccc4c(c3)OCO4)CC2)cc1-c1ccc(CN)cc1. The highest BCUT2D eigenvalue weighted by Crippen LogP contribution is 2.51. The Labute approximate surface area is 180 Å². The summed E-state index contributed by atoms with van der Waals surface area (Å²) in [6.45, 7) is 0.717. The van der Waals surface area contributed by atoms with Crippen LogP contribution in [-0.2, 0) is 16.8 Å². The van der Waals surface area contributed by atoms with E-state index >= 15 is 0 Å². The van der Waals surface area contributed by atoms with E-state index in [0.29, 0.717) is 12.3 Å². The van der Waals surface area contributed by atoms with Gasteiger partial charge in [-0.1, -0.05) is 30.3 Å². The molecule has 158 valence electrons. The summed E-state index contributed by atoms with van der Waals surface area (Å²) in [7, 11) is 1.64. The van der Waals surface area contributed by atoms with Crippen LogP contribution < -0.4 is 25.3 Å². The minimum atomic E-state index is -0.524. The van der Waals surface area contributed by atoms with Gasteiger partial charge in [-0.05, 0) is 59.9 Å². The molecule has 1 aliphatic heterocycles. The summed E-state index contributed by atoms with van der Waals surface area (Å²) in [6, 6.07) is 19.5. The number of hydrogen-bond acceptors (Lipinski definition) is 5. The molecule has 3 aromatic carbocycles. The van der Waals surface area contributed by atoms with Gasteiger partial charge in [-0.2, -0.15) is 0 Å². The van der Waals surface area contributed by atoms with Gasteiger partial charge in [0.05, 0.1) is 12.5 Å². The molecule has 1 saturated carbocycles. The Bertz CT molecular complexity index is 1140. The average Bonchev–Trinajstić information content (AvgIpc) is 3.50. The van der Waals surface area contributed by atoms with Gasteiger partial charge in [-0.25, -0.2) is 0 Å². The number of fused-ring (bicyclic) bond motifs is 1. The molecular weight excluding hydrogens is 392 g/mol. The van der Waals surface area contributed by atoms with Crippen LogP contribution in [0.1, 0.15) is 24.0 Å². The predicted octanol–water partition coefficient (Wildman–Crippen LogP) is 4.22. The van der Waals surface area contributed by atoms with Gasteiger partial charge in [-0.15, -0.1) is 0 Å². The third kappa shape index (κ3) is 3.49. The van der Waals surface area contributed by atoms with Crippen LogP contribution in [0.3, 0.4) is 0 Å². The quantitative estimate of drug-likeness (QED) is 0.629. The van der Waals surface area contributed by atoms with E-state index in [4.69, 9.17) is 19.9 Å². The highest BCUT2D eigenvalue weighted by Gasteiger charge is 2.51. The number of carbonyl (C=O) groups is 1. The minimum Gasteiger partial charge on any atom is -0.496 e. The maximum absolute atomic E-state index is 13.3. The van der Waals surface area contributed by atoms with Crippen molar-refractivity contribution in [3.05, 3.63) is 71.8 Å². The molecular formula is C25H24N2O4. The summed E-state index contributed by atoms with van der Waals surface area (Å²) >= 11 is 0. The van der Waals surface area contributed by atoms with Crippen LogP contribution in [0.5, 0.6) is 17.2 Å². The normalized spacial score (nSPS) is 15.4. The van der Waals surface area contributed by atoms with Crippen LogP contribution in [-0.4, -0.2) is 19.8 Å². The number of carbonyl (C=O) groups excluding carboxylic acids is 1. The Kier molecular flexibility index (Phi) is 4.79. The molecule has 6 nitrogen and oxygen atoms in total. The predicted molar refractivity (Wildman–Crippen MR) is 118 cm³/mol. The summed E-state index contributed by atoms with van der Waals surface area (Å²) in [5.74, 6) is 2.15. The maximum Gasteiger partial charge on any atom is 0.235 e. The van der Waals surface area contributed by atoms with E-state index in [9.17, 15) is 4.79 Å². The molecule has 0 unspecified atom stereocenters. The Morgan fingerprint density at radius 1 is 1.03 bits per heavy atom. The molecule has 1 heterocycles. The number of methoxy groups -OCH3 is 1. The summed E-state index contributed by atoms with van der Waals surface area (Å²) in [4.78, 5) is 13.3. The molecule has 0 bridgehead atoms. The van der Waals surface area contributed by atoms with E-state index in [1.54, 1.807) is 7.11 Å². The fourth-order valence-corrected chi connectivity index (χ4v) is 4.05. The lowest BCUT2D eigenvalue weighted by Gasteiger charge is -2.18. The van der Waals surface area contributed by atoms with Crippen molar-refractivity contribution in [2.24, 2.45) is 5.73 Å². The molecule has 1 aliphatic carbocycles. The molecule has 0 aromatic heterocycles. The minimum absolute atomic E-state index is 0.0130. The largest absolute Gasteiger partial charge is 0.496 e. The molecule has 0 radical (unpaired) electrons. The fraction of sp³-hybridized carbons (Fsp3) is 0.240. The fourth-order valence-electron chi connectivity index (χ4n) is 4.05. The van der Waals surface area contributed by atoms with Crippen molar-refractivity contribution in [2.75, 3.05) is 19.2 Å². The Morgan fingerprint density at radius 2 is 1.81 bits per heavy atom. The third-order valence-electron chi connectivity index (χ3n) is 6.07. The van der Waals surface area contributed by atoms with Crippen LogP contribution in [0, 0.1) is 0 Å². The molecule has 0 atom stereocenters. The topological polar surface area (TPSA) is 82.8 Å². The summed E-state index contributed by atoms with van der Waals surface area (Å²) < 4.78 is 16.4. The molecule has 3 aromatic rings. The zero-order valence-electron chi connectivity index (χ0n) is 17.3. The van der Waals surface area contributed by atoms with Crippen LogP contribution >= 0.6 is 0 Å². The Balaban J connectivity index is 1.41.